The standard InChI is InChI=1S/C26H27N3O3/c1-31-22-11-6-12-23(18-22)32-24-14-16-27-25(29-24)20-9-5-10-21(17-20)26(30)28-15-13-19-7-3-2-4-8-19/h5-7,9-12,14,16-18H,2-4,8,13,15H2,1H3,(H,28,30). The van der Waals surface area contributed by atoms with Gasteiger partial charge in [-0.25, -0.2) is 4.98 Å². The summed E-state index contributed by atoms with van der Waals surface area (Å²) >= 11 is 0. The van der Waals surface area contributed by atoms with Crippen LogP contribution in [0.25, 0.3) is 11.4 Å². The van der Waals surface area contributed by atoms with Crippen molar-refractivity contribution in [1.29, 1.82) is 0 Å². The van der Waals surface area contributed by atoms with Crippen LogP contribution in [0.2, 0.25) is 0 Å². The van der Waals surface area contributed by atoms with Crippen LogP contribution >= 0.6 is 0 Å². The minimum atomic E-state index is -0.0907. The van der Waals surface area contributed by atoms with E-state index >= 15 is 0 Å². The van der Waals surface area contributed by atoms with Crippen LogP contribution in [0.4, 0.5) is 0 Å². The lowest BCUT2D eigenvalue weighted by molar-refractivity contribution is 0.0954. The molecule has 6 heteroatoms. The van der Waals surface area contributed by atoms with Crippen molar-refractivity contribution in [3.05, 3.63) is 78.0 Å². The molecule has 0 bridgehead atoms. The summed E-state index contributed by atoms with van der Waals surface area (Å²) in [5.74, 6) is 2.14. The molecule has 2 aromatic carbocycles. The van der Waals surface area contributed by atoms with E-state index in [0.29, 0.717) is 35.3 Å². The highest BCUT2D eigenvalue weighted by Gasteiger charge is 2.11. The first-order valence-corrected chi connectivity index (χ1v) is 10.9. The Bertz CT molecular complexity index is 1110. The van der Waals surface area contributed by atoms with Crippen molar-refractivity contribution in [1.82, 2.24) is 15.3 Å². The number of allylic oxidation sites excluding steroid dienone is 1. The van der Waals surface area contributed by atoms with Gasteiger partial charge in [-0.2, -0.15) is 4.98 Å². The van der Waals surface area contributed by atoms with Crippen LogP contribution in [0.3, 0.4) is 0 Å². The van der Waals surface area contributed by atoms with Gasteiger partial charge in [-0.05, 0) is 56.4 Å². The average molecular weight is 430 g/mol. The summed E-state index contributed by atoms with van der Waals surface area (Å²) in [7, 11) is 1.61. The summed E-state index contributed by atoms with van der Waals surface area (Å²) in [5, 5.41) is 3.02. The van der Waals surface area contributed by atoms with E-state index in [1.165, 1.54) is 18.4 Å². The number of methoxy groups -OCH3 is 1. The van der Waals surface area contributed by atoms with Gasteiger partial charge in [0.25, 0.3) is 5.91 Å². The van der Waals surface area contributed by atoms with E-state index in [4.69, 9.17) is 9.47 Å². The van der Waals surface area contributed by atoms with Crippen molar-refractivity contribution in [2.45, 2.75) is 32.1 Å². The number of ether oxygens (including phenoxy) is 2. The van der Waals surface area contributed by atoms with Crippen LogP contribution in [0, 0.1) is 0 Å². The van der Waals surface area contributed by atoms with Crippen LogP contribution in [0.15, 0.2) is 72.4 Å². The van der Waals surface area contributed by atoms with E-state index in [0.717, 1.165) is 24.8 Å². The second kappa shape index (κ2) is 10.6. The third kappa shape index (κ3) is 5.72. The molecule has 1 aromatic heterocycles. The molecule has 1 aliphatic carbocycles. The molecule has 0 saturated heterocycles. The predicted molar refractivity (Wildman–Crippen MR) is 124 cm³/mol. The molecule has 0 radical (unpaired) electrons. The molecule has 1 N–H and O–H groups in total. The van der Waals surface area contributed by atoms with Gasteiger partial charge in [0.05, 0.1) is 7.11 Å². The largest absolute Gasteiger partial charge is 0.497 e. The number of amides is 1. The van der Waals surface area contributed by atoms with Crippen LogP contribution in [0.5, 0.6) is 17.4 Å². The van der Waals surface area contributed by atoms with Gasteiger partial charge < -0.3 is 14.8 Å². The summed E-state index contributed by atoms with van der Waals surface area (Å²) in [4.78, 5) is 21.5. The molecule has 0 fully saturated rings. The molecule has 4 rings (SSSR count). The molecule has 0 unspecified atom stereocenters. The fourth-order valence-electron chi connectivity index (χ4n) is 3.69. The molecule has 32 heavy (non-hydrogen) atoms. The average Bonchev–Trinajstić information content (AvgIpc) is 2.85. The van der Waals surface area contributed by atoms with Gasteiger partial charge >= 0.3 is 0 Å². The number of hydrogen-bond acceptors (Lipinski definition) is 5. The number of hydrogen-bond donors (Lipinski definition) is 1. The number of carbonyl (C=O) groups is 1. The number of aromatic nitrogens is 2. The summed E-state index contributed by atoms with van der Waals surface area (Å²) in [6.07, 6.45) is 9.70. The Labute approximate surface area is 188 Å². The van der Waals surface area contributed by atoms with Gasteiger partial charge in [-0.1, -0.05) is 29.8 Å². The highest BCUT2D eigenvalue weighted by molar-refractivity contribution is 5.95. The van der Waals surface area contributed by atoms with Crippen LogP contribution in [0.1, 0.15) is 42.5 Å². The smallest absolute Gasteiger partial charge is 0.251 e. The van der Waals surface area contributed by atoms with E-state index in [-0.39, 0.29) is 5.91 Å². The quantitative estimate of drug-likeness (QED) is 0.474. The summed E-state index contributed by atoms with van der Waals surface area (Å²) in [5.41, 5.74) is 2.79. The normalized spacial score (nSPS) is 13.2. The van der Waals surface area contributed by atoms with Gasteiger partial charge in [-0.15, -0.1) is 0 Å². The van der Waals surface area contributed by atoms with Crippen molar-refractivity contribution in [2.24, 2.45) is 0 Å². The van der Waals surface area contributed by atoms with E-state index in [2.05, 4.69) is 21.4 Å². The molecular formula is C26H27N3O3. The van der Waals surface area contributed by atoms with E-state index in [9.17, 15) is 4.79 Å². The highest BCUT2D eigenvalue weighted by Crippen LogP contribution is 2.25. The lowest BCUT2D eigenvalue weighted by atomic mass is 9.97. The summed E-state index contributed by atoms with van der Waals surface area (Å²) in [6, 6.07) is 16.3. The number of nitrogens with one attached hydrogen (secondary N) is 1. The van der Waals surface area contributed by atoms with Crippen molar-refractivity contribution >= 4 is 5.91 Å². The van der Waals surface area contributed by atoms with E-state index in [1.807, 2.05) is 30.3 Å². The SMILES string of the molecule is COc1cccc(Oc2ccnc(-c3cccc(C(=O)NCCC4=CCCCC4)c3)n2)c1. The Morgan fingerprint density at radius 2 is 1.94 bits per heavy atom. The molecule has 0 spiro atoms. The molecular weight excluding hydrogens is 402 g/mol. The van der Waals surface area contributed by atoms with E-state index < -0.39 is 0 Å². The summed E-state index contributed by atoms with van der Waals surface area (Å²) < 4.78 is 11.1. The molecule has 1 aliphatic rings. The third-order valence-corrected chi connectivity index (χ3v) is 5.39. The molecule has 0 saturated carbocycles. The first-order valence-electron chi connectivity index (χ1n) is 10.9. The van der Waals surface area contributed by atoms with Crippen LogP contribution in [-0.2, 0) is 0 Å². The maximum Gasteiger partial charge on any atom is 0.251 e. The van der Waals surface area contributed by atoms with Crippen LogP contribution < -0.4 is 14.8 Å². The summed E-state index contributed by atoms with van der Waals surface area (Å²) in [6.45, 7) is 0.648. The number of rotatable bonds is 8. The zero-order valence-corrected chi connectivity index (χ0v) is 18.2. The maximum absolute atomic E-state index is 12.6. The highest BCUT2D eigenvalue weighted by atomic mass is 16.5. The first-order chi connectivity index (χ1) is 15.7. The van der Waals surface area contributed by atoms with Crippen molar-refractivity contribution < 1.29 is 14.3 Å². The maximum atomic E-state index is 12.6. The Balaban J connectivity index is 1.42. The molecule has 6 nitrogen and oxygen atoms in total. The topological polar surface area (TPSA) is 73.3 Å². The number of nitrogens with zero attached hydrogens (tertiary/aromatic N) is 2. The van der Waals surface area contributed by atoms with Crippen molar-refractivity contribution in [3.63, 3.8) is 0 Å². The fraction of sp³-hybridized carbons (Fsp3) is 0.269. The molecule has 164 valence electrons. The van der Waals surface area contributed by atoms with Gasteiger partial charge in [0.1, 0.15) is 11.5 Å². The Hall–Kier alpha value is -3.67. The van der Waals surface area contributed by atoms with Crippen molar-refractivity contribution in [3.8, 4) is 28.8 Å². The Kier molecular flexibility index (Phi) is 7.12. The molecule has 0 atom stereocenters. The monoisotopic (exact) mass is 429 g/mol. The second-order valence-corrected chi connectivity index (χ2v) is 7.69. The molecule has 1 heterocycles. The van der Waals surface area contributed by atoms with E-state index in [1.54, 1.807) is 37.6 Å². The first kappa shape index (κ1) is 21.6. The minimum Gasteiger partial charge on any atom is -0.497 e. The zero-order valence-electron chi connectivity index (χ0n) is 18.2. The zero-order chi connectivity index (χ0) is 22.2. The van der Waals surface area contributed by atoms with Crippen molar-refractivity contribution in [2.75, 3.05) is 13.7 Å². The lowest BCUT2D eigenvalue weighted by Crippen LogP contribution is -2.24. The molecule has 0 aliphatic heterocycles. The molecule has 3 aromatic rings. The third-order valence-electron chi connectivity index (χ3n) is 5.39. The fourth-order valence-corrected chi connectivity index (χ4v) is 3.69. The Morgan fingerprint density at radius 1 is 1.06 bits per heavy atom. The number of carbonyl (C=O) groups excluding carboxylic acids is 1. The second-order valence-electron chi connectivity index (χ2n) is 7.69. The van der Waals surface area contributed by atoms with Gasteiger partial charge in [0, 0.05) is 36.0 Å². The van der Waals surface area contributed by atoms with Gasteiger partial charge in [0.2, 0.25) is 5.88 Å². The molecule has 1 amide bonds. The Morgan fingerprint density at radius 3 is 2.78 bits per heavy atom. The predicted octanol–water partition coefficient (Wildman–Crippen LogP) is 5.56. The van der Waals surface area contributed by atoms with Gasteiger partial charge in [-0.3, -0.25) is 4.79 Å². The number of benzene rings is 2. The van der Waals surface area contributed by atoms with Crippen LogP contribution in [-0.4, -0.2) is 29.5 Å². The minimum absolute atomic E-state index is 0.0907. The van der Waals surface area contributed by atoms with Gasteiger partial charge in [0.15, 0.2) is 5.82 Å². The lowest BCUT2D eigenvalue weighted by Gasteiger charge is -2.13.